The smallest absolute Gasteiger partial charge is 0.291 e. The van der Waals surface area contributed by atoms with E-state index in [2.05, 4.69) is 5.73 Å². The van der Waals surface area contributed by atoms with Gasteiger partial charge in [0.05, 0.1) is 0 Å². The van der Waals surface area contributed by atoms with Gasteiger partial charge in [0, 0.05) is 0 Å². The second kappa shape index (κ2) is 18.0. The molecule has 0 aliphatic heterocycles. The summed E-state index contributed by atoms with van der Waals surface area (Å²) in [6, 6.07) is 0. The van der Waals surface area contributed by atoms with Gasteiger partial charge >= 0.3 is 0 Å². The van der Waals surface area contributed by atoms with E-state index >= 15 is 0 Å². The Kier molecular flexibility index (Phi) is 36.2. The van der Waals surface area contributed by atoms with E-state index in [1.54, 1.807) is 0 Å². The number of hydrogen-bond acceptors (Lipinski definition) is 5. The van der Waals surface area contributed by atoms with Gasteiger partial charge < -0.3 is 17.1 Å². The van der Waals surface area contributed by atoms with Crippen LogP contribution in [0.4, 0.5) is 0 Å². The maximum absolute atomic E-state index is 8.36. The van der Waals surface area contributed by atoms with Gasteiger partial charge in [-0.25, -0.2) is 0 Å². The van der Waals surface area contributed by atoms with E-state index in [4.69, 9.17) is 20.6 Å². The summed E-state index contributed by atoms with van der Waals surface area (Å²) in [6.45, 7) is 0. The lowest BCUT2D eigenvalue weighted by molar-refractivity contribution is -0.742. The fourth-order valence-corrected chi connectivity index (χ4v) is 0. The lowest BCUT2D eigenvalue weighted by atomic mass is 11.5. The van der Waals surface area contributed by atoms with E-state index in [-0.39, 0.29) is 6.15 Å². The zero-order valence-corrected chi connectivity index (χ0v) is 3.94. The molecule has 0 radical (unpaired) electrons. The first-order valence-corrected chi connectivity index (χ1v) is 1.08. The number of rotatable bonds is 0. The van der Waals surface area contributed by atoms with Gasteiger partial charge in [-0.15, -0.1) is 10.1 Å². The molecule has 0 spiro atoms. The maximum Gasteiger partial charge on any atom is 0.291 e. The molecule has 0 unspecified atom stereocenters. The monoisotopic (exact) mass is 122 g/mol. The predicted molar refractivity (Wildman–Crippen MR) is 23.6 cm³/mol. The van der Waals surface area contributed by atoms with Gasteiger partial charge in [-0.3, -0.25) is 0 Å². The molecule has 0 saturated carbocycles. The molecule has 6 N–H and O–H groups in total. The van der Waals surface area contributed by atoms with Crippen molar-refractivity contribution in [2.75, 3.05) is 0 Å². The molecule has 8 heavy (non-hydrogen) atoms. The highest BCUT2D eigenvalue weighted by molar-refractivity contribution is 4.46. The van der Waals surface area contributed by atoms with Crippen LogP contribution >= 0.6 is 0 Å². The number of nitrogens with two attached hydrogens (primary N) is 1. The molecule has 0 atom stereocenters. The molecular formula is CH6N4O3. The summed E-state index contributed by atoms with van der Waals surface area (Å²) < 4.78 is 0. The third kappa shape index (κ3) is 22.0. The van der Waals surface area contributed by atoms with Gasteiger partial charge in [-0.05, 0) is 0 Å². The largest absolute Gasteiger partial charge is 0.344 e. The molecule has 0 aromatic rings. The van der Waals surface area contributed by atoms with Crippen LogP contribution in [0.25, 0.3) is 0 Å². The minimum absolute atomic E-state index is 0. The van der Waals surface area contributed by atoms with Crippen molar-refractivity contribution in [2.45, 2.75) is 0 Å². The Morgan fingerprint density at radius 2 is 1.88 bits per heavy atom. The Morgan fingerprint density at radius 1 is 1.88 bits per heavy atom. The van der Waals surface area contributed by atoms with Crippen LogP contribution in [0.1, 0.15) is 0 Å². The van der Waals surface area contributed by atoms with Gasteiger partial charge in [-0.1, -0.05) is 0 Å². The van der Waals surface area contributed by atoms with E-state index in [1.807, 2.05) is 0 Å². The average molecular weight is 122 g/mol. The number of nitriles is 1. The molecule has 0 rings (SSSR count). The zero-order chi connectivity index (χ0) is 6.28. The van der Waals surface area contributed by atoms with Crippen LogP contribution in [0.5, 0.6) is 0 Å². The Morgan fingerprint density at radius 3 is 1.88 bits per heavy atom. The zero-order valence-electron chi connectivity index (χ0n) is 3.94. The molecule has 0 bridgehead atoms. The van der Waals surface area contributed by atoms with E-state index in [0.29, 0.717) is 0 Å². The Labute approximate surface area is 45.0 Å². The van der Waals surface area contributed by atoms with Crippen molar-refractivity contribution in [3.63, 3.8) is 0 Å². The highest BCUT2D eigenvalue weighted by atomic mass is 16.9. The van der Waals surface area contributed by atoms with Crippen LogP contribution < -0.4 is 11.9 Å². The summed E-state index contributed by atoms with van der Waals surface area (Å²) in [4.78, 5) is 8.36. The Hall–Kier alpha value is -1.55. The molecule has 7 heteroatoms. The predicted octanol–water partition coefficient (Wildman–Crippen LogP) is -0.760. The number of nitrogens with zero attached hydrogens (tertiary/aromatic N) is 2. The van der Waals surface area contributed by atoms with Gasteiger partial charge in [0.15, 0.2) is 6.19 Å². The van der Waals surface area contributed by atoms with Crippen molar-refractivity contribution >= 4 is 0 Å². The van der Waals surface area contributed by atoms with Crippen molar-refractivity contribution in [3.05, 3.63) is 10.1 Å². The third-order valence-electron chi connectivity index (χ3n) is 0. The van der Waals surface area contributed by atoms with E-state index in [1.165, 1.54) is 6.19 Å². The summed E-state index contributed by atoms with van der Waals surface area (Å²) in [6.07, 6.45) is 1.25. The van der Waals surface area contributed by atoms with Crippen molar-refractivity contribution in [1.29, 1.82) is 5.26 Å². The first-order valence-electron chi connectivity index (χ1n) is 1.08. The molecule has 0 aliphatic carbocycles. The molecule has 7 nitrogen and oxygen atoms in total. The molecule has 0 amide bonds. The van der Waals surface area contributed by atoms with Crippen molar-refractivity contribution in [1.82, 2.24) is 6.15 Å². The summed E-state index contributed by atoms with van der Waals surface area (Å²) in [7, 11) is 0. The van der Waals surface area contributed by atoms with Crippen LogP contribution in [0.3, 0.4) is 0 Å². The fourth-order valence-electron chi connectivity index (χ4n) is 0. The van der Waals surface area contributed by atoms with Gasteiger partial charge in [0.1, 0.15) is 0 Å². The molecule has 0 saturated heterocycles. The Bertz CT molecular complexity index is 79.8. The van der Waals surface area contributed by atoms with Crippen LogP contribution in [-0.2, 0) is 0 Å². The molecule has 48 valence electrons. The van der Waals surface area contributed by atoms with Gasteiger partial charge in [0.2, 0.25) is 0 Å². The highest BCUT2D eigenvalue weighted by Gasteiger charge is 1.65. The fraction of sp³-hybridized carbons (Fsp3) is 0. The normalized spacial score (nSPS) is 3.88. The van der Waals surface area contributed by atoms with E-state index in [9.17, 15) is 0 Å². The molecular weight excluding hydrogens is 116 g/mol. The van der Waals surface area contributed by atoms with Crippen molar-refractivity contribution in [3.8, 4) is 6.19 Å². The Balaban J connectivity index is -0.0000000575. The summed E-state index contributed by atoms with van der Waals surface area (Å²) >= 11 is 0. The highest BCUT2D eigenvalue weighted by Crippen LogP contribution is 1.38. The second-order valence-corrected chi connectivity index (χ2v) is 0.367. The molecule has 0 aromatic heterocycles. The van der Waals surface area contributed by atoms with Crippen LogP contribution in [-0.4, -0.2) is 10.3 Å². The second-order valence-electron chi connectivity index (χ2n) is 0.367. The van der Waals surface area contributed by atoms with E-state index in [0.717, 1.165) is 0 Å². The van der Waals surface area contributed by atoms with Crippen LogP contribution in [0.2, 0.25) is 0 Å². The molecule has 0 aliphatic rings. The topological polar surface area (TPSA) is 148 Å². The van der Waals surface area contributed by atoms with Crippen molar-refractivity contribution in [2.24, 2.45) is 5.73 Å². The molecule has 0 aromatic carbocycles. The third-order valence-corrected chi connectivity index (χ3v) is 0. The first kappa shape index (κ1) is 16.1. The maximum atomic E-state index is 8.36. The first-order chi connectivity index (χ1) is 3.15. The van der Waals surface area contributed by atoms with Crippen molar-refractivity contribution < 1.29 is 10.3 Å². The standard InChI is InChI=1S/CH2N2.HNO3.H3N/c2-1-3;2-1(3)4;/h2H2;(H,2,3,4);1H3. The summed E-state index contributed by atoms with van der Waals surface area (Å²) in [5.41, 5.74) is 4.15. The van der Waals surface area contributed by atoms with Crippen LogP contribution in [0, 0.1) is 21.6 Å². The lowest BCUT2D eigenvalue weighted by Gasteiger charge is -1.56. The summed E-state index contributed by atoms with van der Waals surface area (Å²) in [5, 5.41) is 20.7. The van der Waals surface area contributed by atoms with Crippen LogP contribution in [0.15, 0.2) is 0 Å². The quantitative estimate of drug-likeness (QED) is 0.166. The minimum atomic E-state index is -1.50. The van der Waals surface area contributed by atoms with Gasteiger partial charge in [-0.2, -0.15) is 5.26 Å². The minimum Gasteiger partial charge on any atom is -0.344 e. The van der Waals surface area contributed by atoms with Gasteiger partial charge in [0.25, 0.3) is 5.09 Å². The molecule has 0 heterocycles. The average Bonchev–Trinajstić information content (AvgIpc) is 1.33. The number of hydrogen-bond donors (Lipinski definition) is 3. The summed E-state index contributed by atoms with van der Waals surface area (Å²) in [5.74, 6) is 0. The lowest BCUT2D eigenvalue weighted by Crippen LogP contribution is -1.81. The molecule has 0 fully saturated rings. The SMILES string of the molecule is N.N#CN.O=[N+]([O-])O. The van der Waals surface area contributed by atoms with E-state index < -0.39 is 5.09 Å².